The molecule has 1 aromatic heterocycles. The second kappa shape index (κ2) is 7.90. The Morgan fingerprint density at radius 1 is 1.33 bits per heavy atom. The number of likely N-dealkylation sites (tertiary alicyclic amines) is 1. The number of carbonyl (C=O) groups excluding carboxylic acids is 2. The zero-order chi connectivity index (χ0) is 19.6. The van der Waals surface area contributed by atoms with Crippen LogP contribution in [0.1, 0.15) is 62.9 Å². The number of carbonyl (C=O) groups is 2. The van der Waals surface area contributed by atoms with E-state index in [1.165, 1.54) is 0 Å². The summed E-state index contributed by atoms with van der Waals surface area (Å²) in [6, 6.07) is 0.210. The Hall–Kier alpha value is -2.05. The largest absolute Gasteiger partial charge is 0.441 e. The third kappa shape index (κ3) is 4.12. The van der Waals surface area contributed by atoms with Gasteiger partial charge in [-0.3, -0.25) is 9.89 Å². The van der Waals surface area contributed by atoms with Crippen molar-refractivity contribution < 1.29 is 14.3 Å². The minimum atomic E-state index is -0.411. The number of nitrogens with zero attached hydrogens (tertiary/aromatic N) is 3. The second-order valence-corrected chi connectivity index (χ2v) is 8.12. The number of aromatic amines is 1. The first-order valence-electron chi connectivity index (χ1n) is 10.1. The number of ether oxygens (including phenoxy) is 1. The van der Waals surface area contributed by atoms with Crippen LogP contribution in [0.25, 0.3) is 0 Å². The van der Waals surface area contributed by atoms with E-state index in [1.807, 2.05) is 23.6 Å². The smallest absolute Gasteiger partial charge is 0.410 e. The Kier molecular flexibility index (Phi) is 5.77. The number of aryl methyl sites for hydroxylation is 2. The molecule has 3 heterocycles. The fourth-order valence-electron chi connectivity index (χ4n) is 4.15. The SMILES string of the molecule is CCC[C@@H](C)N1CC2(CCN(C(=O)CCc3n[nH]c(C)c3C)CC2)OC1=O. The molecule has 1 atom stereocenters. The molecule has 0 aromatic carbocycles. The number of hydrogen-bond acceptors (Lipinski definition) is 4. The first-order chi connectivity index (χ1) is 12.8. The molecule has 0 saturated carbocycles. The molecule has 150 valence electrons. The van der Waals surface area contributed by atoms with E-state index in [2.05, 4.69) is 24.0 Å². The number of hydrogen-bond donors (Lipinski definition) is 1. The summed E-state index contributed by atoms with van der Waals surface area (Å²) in [5.41, 5.74) is 2.76. The van der Waals surface area contributed by atoms with Gasteiger partial charge in [0.2, 0.25) is 5.91 Å². The minimum Gasteiger partial charge on any atom is -0.441 e. The van der Waals surface area contributed by atoms with Gasteiger partial charge >= 0.3 is 6.09 Å². The minimum absolute atomic E-state index is 0.158. The third-order valence-electron chi connectivity index (χ3n) is 6.19. The van der Waals surface area contributed by atoms with Crippen molar-refractivity contribution in [3.05, 3.63) is 17.0 Å². The van der Waals surface area contributed by atoms with Crippen molar-refractivity contribution in [2.45, 2.75) is 77.9 Å². The molecule has 1 spiro atoms. The lowest BCUT2D eigenvalue weighted by Crippen LogP contribution is -2.49. The van der Waals surface area contributed by atoms with Gasteiger partial charge in [-0.1, -0.05) is 13.3 Å². The molecule has 1 N–H and O–H groups in total. The van der Waals surface area contributed by atoms with Crippen molar-refractivity contribution in [2.24, 2.45) is 0 Å². The van der Waals surface area contributed by atoms with Crippen molar-refractivity contribution in [3.8, 4) is 0 Å². The lowest BCUT2D eigenvalue weighted by Gasteiger charge is -2.37. The molecule has 1 aromatic rings. The maximum absolute atomic E-state index is 12.6. The van der Waals surface area contributed by atoms with Gasteiger partial charge in [-0.25, -0.2) is 4.79 Å². The third-order valence-corrected chi connectivity index (χ3v) is 6.19. The molecule has 0 bridgehead atoms. The summed E-state index contributed by atoms with van der Waals surface area (Å²) in [7, 11) is 0. The second-order valence-electron chi connectivity index (χ2n) is 8.12. The first kappa shape index (κ1) is 19.7. The van der Waals surface area contributed by atoms with E-state index >= 15 is 0 Å². The zero-order valence-corrected chi connectivity index (χ0v) is 17.0. The molecule has 27 heavy (non-hydrogen) atoms. The van der Waals surface area contributed by atoms with Gasteiger partial charge in [0.05, 0.1) is 12.2 Å². The quantitative estimate of drug-likeness (QED) is 0.828. The van der Waals surface area contributed by atoms with E-state index in [0.717, 1.165) is 42.6 Å². The van der Waals surface area contributed by atoms with Gasteiger partial charge < -0.3 is 14.5 Å². The molecule has 2 fully saturated rings. The summed E-state index contributed by atoms with van der Waals surface area (Å²) >= 11 is 0. The zero-order valence-electron chi connectivity index (χ0n) is 17.0. The lowest BCUT2D eigenvalue weighted by atomic mass is 9.90. The van der Waals surface area contributed by atoms with Crippen molar-refractivity contribution in [3.63, 3.8) is 0 Å². The summed E-state index contributed by atoms with van der Waals surface area (Å²) < 4.78 is 5.78. The van der Waals surface area contributed by atoms with Crippen LogP contribution < -0.4 is 0 Å². The van der Waals surface area contributed by atoms with Gasteiger partial charge in [-0.15, -0.1) is 0 Å². The van der Waals surface area contributed by atoms with E-state index < -0.39 is 5.60 Å². The molecule has 7 nitrogen and oxygen atoms in total. The van der Waals surface area contributed by atoms with Gasteiger partial charge in [-0.2, -0.15) is 5.10 Å². The summed E-state index contributed by atoms with van der Waals surface area (Å²) in [6.45, 7) is 10.2. The Labute approximate surface area is 161 Å². The van der Waals surface area contributed by atoms with Crippen molar-refractivity contribution in [1.82, 2.24) is 20.0 Å². The van der Waals surface area contributed by atoms with Gasteiger partial charge in [0, 0.05) is 50.5 Å². The Balaban J connectivity index is 1.50. The average molecular weight is 377 g/mol. The van der Waals surface area contributed by atoms with Crippen LogP contribution in [0.2, 0.25) is 0 Å². The molecule has 2 aliphatic rings. The number of piperidine rings is 1. The molecule has 0 aliphatic carbocycles. The Morgan fingerprint density at radius 3 is 2.63 bits per heavy atom. The normalized spacial score (nSPS) is 20.2. The molecule has 0 radical (unpaired) electrons. The predicted molar refractivity (Wildman–Crippen MR) is 102 cm³/mol. The Morgan fingerprint density at radius 2 is 2.04 bits per heavy atom. The molecule has 0 unspecified atom stereocenters. The fourth-order valence-corrected chi connectivity index (χ4v) is 4.15. The Bertz CT molecular complexity index is 691. The van der Waals surface area contributed by atoms with Crippen LogP contribution >= 0.6 is 0 Å². The monoisotopic (exact) mass is 376 g/mol. The summed E-state index contributed by atoms with van der Waals surface area (Å²) in [5, 5.41) is 7.25. The first-order valence-corrected chi connectivity index (χ1v) is 10.1. The fraction of sp³-hybridized carbons (Fsp3) is 0.750. The number of H-pyrrole nitrogens is 1. The molecule has 7 heteroatoms. The highest BCUT2D eigenvalue weighted by atomic mass is 16.6. The van der Waals surface area contributed by atoms with Crippen LogP contribution in [-0.4, -0.2) is 63.3 Å². The van der Waals surface area contributed by atoms with E-state index in [4.69, 9.17) is 4.74 Å². The van der Waals surface area contributed by atoms with Crippen LogP contribution in [0.3, 0.4) is 0 Å². The predicted octanol–water partition coefficient (Wildman–Crippen LogP) is 2.96. The van der Waals surface area contributed by atoms with Gasteiger partial charge in [0.15, 0.2) is 0 Å². The summed E-state index contributed by atoms with van der Waals surface area (Å²) in [4.78, 5) is 28.6. The standard InChI is InChI=1S/C20H32N4O3/c1-5-6-14(2)24-13-20(27-19(24)26)9-11-23(12-10-20)18(25)8-7-17-15(3)16(4)21-22-17/h14H,5-13H2,1-4H3,(H,21,22)/t14-/m1/s1. The van der Waals surface area contributed by atoms with E-state index in [1.54, 1.807) is 0 Å². The molecular formula is C20H32N4O3. The van der Waals surface area contributed by atoms with Crippen LogP contribution in [0.15, 0.2) is 0 Å². The summed E-state index contributed by atoms with van der Waals surface area (Å²) in [5.74, 6) is 0.158. The molecular weight excluding hydrogens is 344 g/mol. The number of aromatic nitrogens is 2. The topological polar surface area (TPSA) is 78.5 Å². The molecule has 3 rings (SSSR count). The highest BCUT2D eigenvalue weighted by molar-refractivity contribution is 5.77. The van der Waals surface area contributed by atoms with E-state index in [0.29, 0.717) is 32.5 Å². The van der Waals surface area contributed by atoms with E-state index in [-0.39, 0.29) is 18.0 Å². The van der Waals surface area contributed by atoms with Crippen molar-refractivity contribution in [1.29, 1.82) is 0 Å². The van der Waals surface area contributed by atoms with Crippen molar-refractivity contribution >= 4 is 12.0 Å². The number of nitrogens with one attached hydrogen (secondary N) is 1. The van der Waals surface area contributed by atoms with Gasteiger partial charge in [0.1, 0.15) is 5.60 Å². The van der Waals surface area contributed by atoms with Gasteiger partial charge in [0.25, 0.3) is 0 Å². The van der Waals surface area contributed by atoms with E-state index in [9.17, 15) is 9.59 Å². The van der Waals surface area contributed by atoms with Crippen LogP contribution in [0, 0.1) is 13.8 Å². The van der Waals surface area contributed by atoms with Crippen LogP contribution in [-0.2, 0) is 16.0 Å². The number of amides is 2. The lowest BCUT2D eigenvalue weighted by molar-refractivity contribution is -0.134. The highest BCUT2D eigenvalue weighted by Crippen LogP contribution is 2.35. The van der Waals surface area contributed by atoms with Crippen LogP contribution in [0.4, 0.5) is 4.79 Å². The maximum Gasteiger partial charge on any atom is 0.410 e. The van der Waals surface area contributed by atoms with Crippen molar-refractivity contribution in [2.75, 3.05) is 19.6 Å². The molecule has 2 amide bonds. The highest BCUT2D eigenvalue weighted by Gasteiger charge is 2.48. The number of rotatable bonds is 6. The molecule has 2 aliphatic heterocycles. The average Bonchev–Trinajstić information content (AvgIpc) is 3.14. The molecule has 2 saturated heterocycles. The van der Waals surface area contributed by atoms with Crippen LogP contribution in [0.5, 0.6) is 0 Å². The van der Waals surface area contributed by atoms with Gasteiger partial charge in [-0.05, 0) is 32.8 Å². The summed E-state index contributed by atoms with van der Waals surface area (Å²) in [6.07, 6.45) is 4.42. The maximum atomic E-state index is 12.6.